The van der Waals surface area contributed by atoms with Gasteiger partial charge in [0.1, 0.15) is 0 Å². The molecule has 4 unspecified atom stereocenters. The van der Waals surface area contributed by atoms with E-state index >= 15 is 0 Å². The van der Waals surface area contributed by atoms with Crippen molar-refractivity contribution >= 4 is 0 Å². The summed E-state index contributed by atoms with van der Waals surface area (Å²) in [7, 11) is 0. The molecule has 0 amide bonds. The van der Waals surface area contributed by atoms with Crippen LogP contribution in [0.2, 0.25) is 0 Å². The molecule has 23 heavy (non-hydrogen) atoms. The van der Waals surface area contributed by atoms with Crippen molar-refractivity contribution in [1.82, 2.24) is 5.32 Å². The van der Waals surface area contributed by atoms with Gasteiger partial charge in [0.25, 0.3) is 0 Å². The standard InChI is InChI=1S/C20H31NO2/c1-3-23-19-13-18(20(19)10-7-11-20)21-14-17(12-15(2)22)16-8-5-4-6-9-16/h4-6,8-9,15,17-19,21-22H,3,7,10-14H2,1-2H3. The molecule has 1 aromatic carbocycles. The number of nitrogens with one attached hydrogen (secondary N) is 1. The molecule has 4 atom stereocenters. The van der Waals surface area contributed by atoms with E-state index in [9.17, 15) is 5.11 Å². The number of ether oxygens (including phenoxy) is 1. The molecule has 0 heterocycles. The average molecular weight is 317 g/mol. The molecule has 2 fully saturated rings. The normalized spacial score (nSPS) is 28.0. The van der Waals surface area contributed by atoms with E-state index in [1.807, 2.05) is 6.92 Å². The van der Waals surface area contributed by atoms with Crippen molar-refractivity contribution in [2.45, 2.75) is 70.1 Å². The molecule has 3 rings (SSSR count). The van der Waals surface area contributed by atoms with E-state index in [2.05, 4.69) is 42.6 Å². The molecular weight excluding hydrogens is 286 g/mol. The van der Waals surface area contributed by atoms with Gasteiger partial charge in [-0.15, -0.1) is 0 Å². The highest BCUT2D eigenvalue weighted by Gasteiger charge is 2.58. The van der Waals surface area contributed by atoms with E-state index in [-0.39, 0.29) is 6.10 Å². The summed E-state index contributed by atoms with van der Waals surface area (Å²) in [6.45, 7) is 5.76. The van der Waals surface area contributed by atoms with Gasteiger partial charge in [-0.3, -0.25) is 0 Å². The average Bonchev–Trinajstić information content (AvgIpc) is 2.47. The van der Waals surface area contributed by atoms with Crippen LogP contribution in [0.4, 0.5) is 0 Å². The highest BCUT2D eigenvalue weighted by atomic mass is 16.5. The van der Waals surface area contributed by atoms with Crippen LogP contribution in [0.5, 0.6) is 0 Å². The first-order valence-electron chi connectivity index (χ1n) is 9.23. The molecule has 2 saturated carbocycles. The van der Waals surface area contributed by atoms with Gasteiger partial charge in [0.15, 0.2) is 0 Å². The SMILES string of the molecule is CCOC1CC(NCC(CC(C)O)c2ccccc2)C12CCC2. The van der Waals surface area contributed by atoms with Crippen LogP contribution in [0, 0.1) is 5.41 Å². The van der Waals surface area contributed by atoms with Crippen LogP contribution < -0.4 is 5.32 Å². The van der Waals surface area contributed by atoms with Gasteiger partial charge in [-0.2, -0.15) is 0 Å². The van der Waals surface area contributed by atoms with Gasteiger partial charge in [0.05, 0.1) is 12.2 Å². The summed E-state index contributed by atoms with van der Waals surface area (Å²) < 4.78 is 5.94. The Morgan fingerprint density at radius 1 is 1.30 bits per heavy atom. The van der Waals surface area contributed by atoms with Crippen LogP contribution >= 0.6 is 0 Å². The number of hydrogen-bond donors (Lipinski definition) is 2. The smallest absolute Gasteiger partial charge is 0.0661 e. The Morgan fingerprint density at radius 2 is 2.04 bits per heavy atom. The van der Waals surface area contributed by atoms with Crippen molar-refractivity contribution in [2.24, 2.45) is 5.41 Å². The second kappa shape index (κ2) is 7.33. The molecule has 0 bridgehead atoms. The summed E-state index contributed by atoms with van der Waals surface area (Å²) in [5.74, 6) is 0.375. The van der Waals surface area contributed by atoms with Gasteiger partial charge in [-0.05, 0) is 51.0 Å². The molecule has 3 nitrogen and oxygen atoms in total. The van der Waals surface area contributed by atoms with Gasteiger partial charge < -0.3 is 15.2 Å². The molecule has 0 radical (unpaired) electrons. The summed E-state index contributed by atoms with van der Waals surface area (Å²) in [6.07, 6.45) is 6.11. The van der Waals surface area contributed by atoms with Crippen LogP contribution in [0.25, 0.3) is 0 Å². The summed E-state index contributed by atoms with van der Waals surface area (Å²) in [5.41, 5.74) is 1.73. The molecule has 1 spiro atoms. The number of rotatable bonds is 8. The van der Waals surface area contributed by atoms with Gasteiger partial charge >= 0.3 is 0 Å². The molecule has 2 aliphatic rings. The fourth-order valence-electron chi connectivity index (χ4n) is 4.48. The largest absolute Gasteiger partial charge is 0.393 e. The van der Waals surface area contributed by atoms with E-state index in [0.29, 0.717) is 23.5 Å². The minimum atomic E-state index is -0.266. The molecule has 0 saturated heterocycles. The second-order valence-electron chi connectivity index (χ2n) is 7.42. The Labute approximate surface area is 140 Å². The van der Waals surface area contributed by atoms with Crippen LogP contribution in [0.3, 0.4) is 0 Å². The molecule has 2 aliphatic carbocycles. The zero-order valence-electron chi connectivity index (χ0n) is 14.5. The molecule has 0 aromatic heterocycles. The summed E-state index contributed by atoms with van der Waals surface area (Å²) in [4.78, 5) is 0. The van der Waals surface area contributed by atoms with Crippen LogP contribution in [-0.2, 0) is 4.74 Å². The highest BCUT2D eigenvalue weighted by molar-refractivity contribution is 5.20. The maximum atomic E-state index is 9.84. The number of hydrogen-bond acceptors (Lipinski definition) is 3. The minimum Gasteiger partial charge on any atom is -0.393 e. The van der Waals surface area contributed by atoms with Crippen molar-refractivity contribution in [3.63, 3.8) is 0 Å². The first-order chi connectivity index (χ1) is 11.2. The third-order valence-corrected chi connectivity index (χ3v) is 5.94. The van der Waals surface area contributed by atoms with E-state index in [4.69, 9.17) is 4.74 Å². The maximum absolute atomic E-state index is 9.84. The van der Waals surface area contributed by atoms with Gasteiger partial charge in [-0.25, -0.2) is 0 Å². The lowest BCUT2D eigenvalue weighted by molar-refractivity contribution is -0.172. The lowest BCUT2D eigenvalue weighted by atomic mass is 9.51. The predicted octanol–water partition coefficient (Wildman–Crippen LogP) is 3.48. The molecular formula is C20H31NO2. The summed E-state index contributed by atoms with van der Waals surface area (Å²) >= 11 is 0. The van der Waals surface area contributed by atoms with Crippen LogP contribution in [0.15, 0.2) is 30.3 Å². The number of benzene rings is 1. The Morgan fingerprint density at radius 3 is 2.61 bits per heavy atom. The van der Waals surface area contributed by atoms with E-state index in [1.165, 1.54) is 24.8 Å². The summed E-state index contributed by atoms with van der Waals surface area (Å²) in [5, 5.41) is 13.7. The number of aliphatic hydroxyl groups is 1. The Kier molecular flexibility index (Phi) is 5.40. The van der Waals surface area contributed by atoms with Crippen LogP contribution in [-0.4, -0.2) is 36.5 Å². The van der Waals surface area contributed by atoms with Crippen molar-refractivity contribution in [3.05, 3.63) is 35.9 Å². The Bertz CT molecular complexity index is 484. The molecule has 3 heteroatoms. The molecule has 0 aliphatic heterocycles. The third kappa shape index (κ3) is 3.47. The molecule has 1 aromatic rings. The van der Waals surface area contributed by atoms with Crippen molar-refractivity contribution in [3.8, 4) is 0 Å². The van der Waals surface area contributed by atoms with Crippen LogP contribution in [0.1, 0.15) is 57.4 Å². The van der Waals surface area contributed by atoms with Crippen molar-refractivity contribution in [1.29, 1.82) is 0 Å². The fourth-order valence-corrected chi connectivity index (χ4v) is 4.48. The first kappa shape index (κ1) is 16.9. The zero-order valence-corrected chi connectivity index (χ0v) is 14.5. The second-order valence-corrected chi connectivity index (χ2v) is 7.42. The predicted molar refractivity (Wildman–Crippen MR) is 93.6 cm³/mol. The Balaban J connectivity index is 1.59. The number of aliphatic hydroxyl groups excluding tert-OH is 1. The summed E-state index contributed by atoms with van der Waals surface area (Å²) in [6, 6.07) is 11.2. The van der Waals surface area contributed by atoms with E-state index < -0.39 is 0 Å². The van der Waals surface area contributed by atoms with Gasteiger partial charge in [-0.1, -0.05) is 36.8 Å². The Hall–Kier alpha value is -0.900. The molecule has 128 valence electrons. The third-order valence-electron chi connectivity index (χ3n) is 5.94. The van der Waals surface area contributed by atoms with Gasteiger partial charge in [0.2, 0.25) is 0 Å². The van der Waals surface area contributed by atoms with E-state index in [0.717, 1.165) is 26.0 Å². The zero-order chi connectivity index (χ0) is 16.3. The minimum absolute atomic E-state index is 0.266. The highest BCUT2D eigenvalue weighted by Crippen LogP contribution is 2.57. The topological polar surface area (TPSA) is 41.5 Å². The lowest BCUT2D eigenvalue weighted by Crippen LogP contribution is -2.67. The quantitative estimate of drug-likeness (QED) is 0.771. The molecule has 2 N–H and O–H groups in total. The van der Waals surface area contributed by atoms with Crippen molar-refractivity contribution in [2.75, 3.05) is 13.2 Å². The fraction of sp³-hybridized carbons (Fsp3) is 0.700. The monoisotopic (exact) mass is 317 g/mol. The first-order valence-corrected chi connectivity index (χ1v) is 9.23. The maximum Gasteiger partial charge on any atom is 0.0661 e. The van der Waals surface area contributed by atoms with Gasteiger partial charge in [0, 0.05) is 24.6 Å². The lowest BCUT2D eigenvalue weighted by Gasteiger charge is -2.61. The van der Waals surface area contributed by atoms with E-state index in [1.54, 1.807) is 0 Å². The van der Waals surface area contributed by atoms with Crippen molar-refractivity contribution < 1.29 is 9.84 Å².